The van der Waals surface area contributed by atoms with E-state index in [0.29, 0.717) is 53.0 Å². The van der Waals surface area contributed by atoms with Gasteiger partial charge in [-0.2, -0.15) is 5.10 Å². The summed E-state index contributed by atoms with van der Waals surface area (Å²) >= 11 is 0. The number of amides is 2. The number of methoxy groups -OCH3 is 1. The van der Waals surface area contributed by atoms with Crippen LogP contribution in [0.15, 0.2) is 77.0 Å². The molecule has 46 heavy (non-hydrogen) atoms. The molecule has 244 valence electrons. The second-order valence-corrected chi connectivity index (χ2v) is 9.97. The monoisotopic (exact) mass is 636 g/mol. The third-order valence-corrected chi connectivity index (χ3v) is 6.68. The van der Waals surface area contributed by atoms with E-state index in [1.165, 1.54) is 25.5 Å². The summed E-state index contributed by atoms with van der Waals surface area (Å²) < 4.78 is 41.2. The average molecular weight is 637 g/mol. The minimum absolute atomic E-state index is 0.173. The molecule has 12 nitrogen and oxygen atoms in total. The number of ether oxygens (including phenoxy) is 5. The Balaban J connectivity index is 1.37. The molecule has 0 aromatic heterocycles. The second-order valence-electron chi connectivity index (χ2n) is 9.97. The Kier molecular flexibility index (Phi) is 11.8. The van der Waals surface area contributed by atoms with E-state index in [2.05, 4.69) is 21.2 Å². The fourth-order valence-corrected chi connectivity index (χ4v) is 4.55. The number of carbonyl (C=O) groups excluding carboxylic acids is 2. The van der Waals surface area contributed by atoms with Gasteiger partial charge in [-0.1, -0.05) is 18.2 Å². The van der Waals surface area contributed by atoms with Crippen LogP contribution < -0.4 is 35.0 Å². The molecule has 1 heterocycles. The summed E-state index contributed by atoms with van der Waals surface area (Å²) in [4.78, 5) is 24.6. The molecule has 4 N–H and O–H groups in total. The number of hydrogen-bond donors (Lipinski definition) is 4. The smallest absolute Gasteiger partial charge is 0.337 e. The Bertz CT molecular complexity index is 1580. The van der Waals surface area contributed by atoms with Crippen molar-refractivity contribution in [2.24, 2.45) is 5.10 Å². The highest BCUT2D eigenvalue weighted by Gasteiger charge is 2.32. The van der Waals surface area contributed by atoms with Crippen LogP contribution in [-0.4, -0.2) is 56.5 Å². The van der Waals surface area contributed by atoms with E-state index in [-0.39, 0.29) is 24.6 Å². The molecule has 0 fully saturated rings. The average Bonchev–Trinajstić information content (AvgIpc) is 3.04. The fourth-order valence-electron chi connectivity index (χ4n) is 4.55. The van der Waals surface area contributed by atoms with Gasteiger partial charge < -0.3 is 39.4 Å². The van der Waals surface area contributed by atoms with Crippen LogP contribution in [0.2, 0.25) is 0 Å². The Morgan fingerprint density at radius 3 is 2.35 bits per heavy atom. The Morgan fingerprint density at radius 2 is 1.65 bits per heavy atom. The van der Waals surface area contributed by atoms with Gasteiger partial charge in [-0.05, 0) is 79.9 Å². The third kappa shape index (κ3) is 8.88. The normalized spacial score (nSPS) is 15.1. The van der Waals surface area contributed by atoms with Gasteiger partial charge in [0.25, 0.3) is 0 Å². The summed E-state index contributed by atoms with van der Waals surface area (Å²) in [6.07, 6.45) is 0.341. The lowest BCUT2D eigenvalue weighted by atomic mass is 9.95. The van der Waals surface area contributed by atoms with Gasteiger partial charge in [0, 0.05) is 5.70 Å². The van der Waals surface area contributed by atoms with Crippen LogP contribution >= 0.6 is 0 Å². The Labute approximate surface area is 266 Å². The molecule has 3 aromatic carbocycles. The number of hydrazone groups is 1. The van der Waals surface area contributed by atoms with Gasteiger partial charge in [0.05, 0.1) is 38.2 Å². The number of hydrogen-bond acceptors (Lipinski definition) is 10. The van der Waals surface area contributed by atoms with Crippen molar-refractivity contribution >= 4 is 18.2 Å². The van der Waals surface area contributed by atoms with Gasteiger partial charge in [-0.15, -0.1) is 0 Å². The van der Waals surface area contributed by atoms with Crippen LogP contribution in [0.4, 0.5) is 9.18 Å². The van der Waals surface area contributed by atoms with Crippen molar-refractivity contribution in [2.75, 3.05) is 26.9 Å². The highest BCUT2D eigenvalue weighted by molar-refractivity contribution is 5.95. The first-order valence-corrected chi connectivity index (χ1v) is 14.6. The lowest BCUT2D eigenvalue weighted by Gasteiger charge is -2.28. The SMILES string of the molecule is CCOc1cc(/C=N\N[C@@H](O)COc2ccc([C@H]3NC(=O)NC(C)=C3C(=O)OC)cc2OCC)ccc1OCc1ccc(F)cc1. The predicted molar refractivity (Wildman–Crippen MR) is 167 cm³/mol. The van der Waals surface area contributed by atoms with Crippen LogP contribution in [0, 0.1) is 5.82 Å². The van der Waals surface area contributed by atoms with E-state index in [1.807, 2.05) is 6.92 Å². The summed E-state index contributed by atoms with van der Waals surface area (Å²) in [5.74, 6) is 0.841. The van der Waals surface area contributed by atoms with E-state index in [0.717, 1.165) is 5.56 Å². The van der Waals surface area contributed by atoms with Crippen molar-refractivity contribution in [3.63, 3.8) is 0 Å². The maximum atomic E-state index is 13.2. The van der Waals surface area contributed by atoms with E-state index >= 15 is 0 Å². The zero-order valence-electron chi connectivity index (χ0n) is 26.0. The molecule has 4 rings (SSSR count). The molecular weight excluding hydrogens is 599 g/mol. The molecule has 0 bridgehead atoms. The lowest BCUT2D eigenvalue weighted by Crippen LogP contribution is -2.45. The van der Waals surface area contributed by atoms with Crippen molar-refractivity contribution in [1.29, 1.82) is 0 Å². The molecule has 0 saturated heterocycles. The summed E-state index contributed by atoms with van der Waals surface area (Å²) in [7, 11) is 1.27. The van der Waals surface area contributed by atoms with Gasteiger partial charge in [0.15, 0.2) is 29.2 Å². The van der Waals surface area contributed by atoms with Gasteiger partial charge >= 0.3 is 12.0 Å². The minimum Gasteiger partial charge on any atom is -0.490 e. The summed E-state index contributed by atoms with van der Waals surface area (Å²) in [5.41, 5.74) is 5.33. The van der Waals surface area contributed by atoms with Crippen LogP contribution in [-0.2, 0) is 16.1 Å². The van der Waals surface area contributed by atoms with Gasteiger partial charge in [0.2, 0.25) is 0 Å². The number of urea groups is 1. The predicted octanol–water partition coefficient (Wildman–Crippen LogP) is 4.32. The number of rotatable bonds is 15. The molecule has 0 saturated carbocycles. The van der Waals surface area contributed by atoms with Crippen LogP contribution in [0.5, 0.6) is 23.0 Å². The van der Waals surface area contributed by atoms with Crippen LogP contribution in [0.25, 0.3) is 0 Å². The minimum atomic E-state index is -1.17. The van der Waals surface area contributed by atoms with E-state index in [9.17, 15) is 19.1 Å². The van der Waals surface area contributed by atoms with Crippen molar-refractivity contribution in [2.45, 2.75) is 39.6 Å². The van der Waals surface area contributed by atoms with Crippen LogP contribution in [0.1, 0.15) is 43.5 Å². The quantitative estimate of drug-likeness (QED) is 0.0828. The highest BCUT2D eigenvalue weighted by atomic mass is 19.1. The molecule has 0 unspecified atom stereocenters. The summed E-state index contributed by atoms with van der Waals surface area (Å²) in [5, 5.41) is 19.9. The van der Waals surface area contributed by atoms with E-state index in [4.69, 9.17) is 23.7 Å². The molecule has 0 radical (unpaired) electrons. The number of benzene rings is 3. The number of aliphatic hydroxyl groups excluding tert-OH is 1. The topological polar surface area (TPSA) is 149 Å². The molecule has 1 aliphatic rings. The number of nitrogens with zero attached hydrogens (tertiary/aromatic N) is 1. The maximum Gasteiger partial charge on any atom is 0.337 e. The summed E-state index contributed by atoms with van der Waals surface area (Å²) in [6.45, 7) is 6.09. The number of allylic oxidation sites excluding steroid dienone is 1. The first-order valence-electron chi connectivity index (χ1n) is 14.6. The fraction of sp³-hybridized carbons (Fsp3) is 0.303. The van der Waals surface area contributed by atoms with Gasteiger partial charge in [-0.25, -0.2) is 14.0 Å². The summed E-state index contributed by atoms with van der Waals surface area (Å²) in [6, 6.07) is 15.1. The van der Waals surface area contributed by atoms with E-state index in [1.54, 1.807) is 62.4 Å². The van der Waals surface area contributed by atoms with Crippen molar-refractivity contribution in [3.05, 3.63) is 94.4 Å². The molecule has 3 aromatic rings. The van der Waals surface area contributed by atoms with Crippen molar-refractivity contribution < 1.29 is 42.8 Å². The third-order valence-electron chi connectivity index (χ3n) is 6.68. The molecule has 2 atom stereocenters. The molecule has 0 aliphatic carbocycles. The number of aliphatic hydroxyl groups is 1. The first kappa shape index (κ1) is 33.6. The highest BCUT2D eigenvalue weighted by Crippen LogP contribution is 2.35. The number of carbonyl (C=O) groups is 2. The van der Waals surface area contributed by atoms with Crippen LogP contribution in [0.3, 0.4) is 0 Å². The zero-order chi connectivity index (χ0) is 33.1. The Hall–Kier alpha value is -5.30. The van der Waals surface area contributed by atoms with Gasteiger partial charge in [-0.3, -0.25) is 5.43 Å². The number of halogens is 1. The molecule has 0 spiro atoms. The lowest BCUT2D eigenvalue weighted by molar-refractivity contribution is -0.136. The van der Waals surface area contributed by atoms with Gasteiger partial charge in [0.1, 0.15) is 19.0 Å². The molecular formula is C33H37FN4O8. The molecule has 2 amide bonds. The van der Waals surface area contributed by atoms with Crippen molar-refractivity contribution in [1.82, 2.24) is 16.1 Å². The van der Waals surface area contributed by atoms with E-state index < -0.39 is 24.3 Å². The largest absolute Gasteiger partial charge is 0.490 e. The van der Waals surface area contributed by atoms with Crippen molar-refractivity contribution in [3.8, 4) is 23.0 Å². The standard InChI is InChI=1S/C33H37FN4O8/c1-5-43-27-15-22(9-13-25(27)45-18-21-7-11-24(34)12-8-21)17-35-38-29(39)19-46-26-14-10-23(16-28(26)44-6-2)31-30(32(40)42-4)20(3)36-33(41)37-31/h7-17,29,31,38-39H,5-6,18-19H2,1-4H3,(H2,36,37,41)/b35-17-/t29-,31+/m0/s1. The number of nitrogens with one attached hydrogen (secondary N) is 3. The zero-order valence-corrected chi connectivity index (χ0v) is 26.0. The molecule has 13 heteroatoms. The number of esters is 1. The molecule has 1 aliphatic heterocycles. The Morgan fingerprint density at radius 1 is 0.978 bits per heavy atom. The maximum absolute atomic E-state index is 13.2. The first-order chi connectivity index (χ1) is 22.2. The second kappa shape index (κ2) is 16.1.